The SMILES string of the molecule is C=CC(CCCCCCCC)[Si](O[Si](C)(C)C)(O[Si](C)(C)C)O[Si](C)(C)C. The van der Waals surface area contributed by atoms with Crippen LogP contribution in [0, 0.1) is 0 Å². The van der Waals surface area contributed by atoms with Gasteiger partial charge >= 0.3 is 8.80 Å². The first kappa shape index (κ1) is 27.5. The van der Waals surface area contributed by atoms with Crippen LogP contribution in [-0.4, -0.2) is 33.8 Å². The number of unbranched alkanes of at least 4 members (excludes halogenated alkanes) is 5. The van der Waals surface area contributed by atoms with Crippen LogP contribution in [0.1, 0.15) is 51.9 Å². The molecule has 0 heterocycles. The molecule has 0 N–H and O–H groups in total. The van der Waals surface area contributed by atoms with E-state index in [-0.39, 0.29) is 5.54 Å². The fourth-order valence-electron chi connectivity index (χ4n) is 3.15. The van der Waals surface area contributed by atoms with E-state index in [2.05, 4.69) is 78.5 Å². The molecule has 0 amide bonds. The smallest absolute Gasteiger partial charge is 0.417 e. The summed E-state index contributed by atoms with van der Waals surface area (Å²) in [6, 6.07) is 0. The highest BCUT2D eigenvalue weighted by Crippen LogP contribution is 2.38. The lowest BCUT2D eigenvalue weighted by molar-refractivity contribution is 0.238. The predicted molar refractivity (Wildman–Crippen MR) is 131 cm³/mol. The Morgan fingerprint density at radius 3 is 1.37 bits per heavy atom. The summed E-state index contributed by atoms with van der Waals surface area (Å²) in [6.07, 6.45) is 10.9. The summed E-state index contributed by atoms with van der Waals surface area (Å²) in [5, 5.41) is 0. The van der Waals surface area contributed by atoms with Gasteiger partial charge in [0.1, 0.15) is 0 Å². The van der Waals surface area contributed by atoms with Gasteiger partial charge in [-0.1, -0.05) is 51.5 Å². The lowest BCUT2D eigenvalue weighted by Gasteiger charge is -2.46. The number of hydrogen-bond acceptors (Lipinski definition) is 3. The molecule has 1 unspecified atom stereocenters. The molecule has 0 bridgehead atoms. The predicted octanol–water partition coefficient (Wildman–Crippen LogP) is 7.79. The summed E-state index contributed by atoms with van der Waals surface area (Å²) in [4.78, 5) is 0. The molecule has 27 heavy (non-hydrogen) atoms. The third-order valence-electron chi connectivity index (χ3n) is 3.95. The molecular formula is C20H48O3Si4. The van der Waals surface area contributed by atoms with Crippen molar-refractivity contribution in [3.05, 3.63) is 12.7 Å². The van der Waals surface area contributed by atoms with Crippen LogP contribution in [0.2, 0.25) is 64.5 Å². The highest BCUT2D eigenvalue weighted by Gasteiger charge is 2.54. The highest BCUT2D eigenvalue weighted by molar-refractivity contribution is 6.90. The Hall–Kier alpha value is 0.488. The van der Waals surface area contributed by atoms with Crippen LogP contribution in [0.4, 0.5) is 0 Å². The molecule has 0 aliphatic carbocycles. The maximum absolute atomic E-state index is 6.86. The second kappa shape index (κ2) is 11.6. The highest BCUT2D eigenvalue weighted by atomic mass is 28.5. The molecule has 0 radical (unpaired) electrons. The van der Waals surface area contributed by atoms with Crippen molar-refractivity contribution in [1.29, 1.82) is 0 Å². The molecule has 0 saturated carbocycles. The first-order chi connectivity index (χ1) is 12.1. The van der Waals surface area contributed by atoms with Gasteiger partial charge in [0, 0.05) is 5.54 Å². The summed E-state index contributed by atoms with van der Waals surface area (Å²) in [5.41, 5.74) is 0.203. The summed E-state index contributed by atoms with van der Waals surface area (Å²) >= 11 is 0. The molecule has 0 saturated heterocycles. The number of hydrogen-bond donors (Lipinski definition) is 0. The maximum atomic E-state index is 6.86. The lowest BCUT2D eigenvalue weighted by Crippen LogP contribution is -2.62. The van der Waals surface area contributed by atoms with Crippen LogP contribution >= 0.6 is 0 Å². The van der Waals surface area contributed by atoms with Gasteiger partial charge in [-0.2, -0.15) is 0 Å². The van der Waals surface area contributed by atoms with Gasteiger partial charge in [-0.15, -0.1) is 6.58 Å². The zero-order valence-corrected chi connectivity index (χ0v) is 24.0. The Morgan fingerprint density at radius 1 is 0.667 bits per heavy atom. The number of allylic oxidation sites excluding steroid dienone is 1. The maximum Gasteiger partial charge on any atom is 0.476 e. The van der Waals surface area contributed by atoms with Crippen molar-refractivity contribution < 1.29 is 12.3 Å². The van der Waals surface area contributed by atoms with Gasteiger partial charge in [0.05, 0.1) is 0 Å². The lowest BCUT2D eigenvalue weighted by atomic mass is 10.1. The first-order valence-electron chi connectivity index (χ1n) is 10.9. The fraction of sp³-hybridized carbons (Fsp3) is 0.900. The average molecular weight is 449 g/mol. The van der Waals surface area contributed by atoms with E-state index in [0.717, 1.165) is 6.42 Å². The van der Waals surface area contributed by atoms with Gasteiger partial charge in [0.2, 0.25) is 0 Å². The van der Waals surface area contributed by atoms with E-state index in [9.17, 15) is 0 Å². The van der Waals surface area contributed by atoms with Gasteiger partial charge in [-0.3, -0.25) is 0 Å². The van der Waals surface area contributed by atoms with Gasteiger partial charge < -0.3 is 12.3 Å². The Morgan fingerprint density at radius 2 is 1.04 bits per heavy atom. The van der Waals surface area contributed by atoms with E-state index in [4.69, 9.17) is 12.3 Å². The Labute approximate surface area is 175 Å². The van der Waals surface area contributed by atoms with Crippen molar-refractivity contribution in [2.24, 2.45) is 0 Å². The second-order valence-corrected chi connectivity index (χ2v) is 27.7. The Kier molecular flexibility index (Phi) is 11.8. The van der Waals surface area contributed by atoms with Crippen LogP contribution in [0.25, 0.3) is 0 Å². The van der Waals surface area contributed by atoms with E-state index in [1.54, 1.807) is 0 Å². The Bertz CT molecular complexity index is 382. The van der Waals surface area contributed by atoms with Crippen molar-refractivity contribution in [2.75, 3.05) is 0 Å². The topological polar surface area (TPSA) is 27.7 Å². The molecule has 0 aromatic carbocycles. The van der Waals surface area contributed by atoms with Crippen molar-refractivity contribution in [2.45, 2.75) is 116 Å². The molecule has 0 aromatic rings. The zero-order chi connectivity index (χ0) is 21.4. The van der Waals surface area contributed by atoms with Gasteiger partial charge in [-0.05, 0) is 65.3 Å². The molecule has 0 aromatic heterocycles. The molecule has 162 valence electrons. The standard InChI is InChI=1S/C20H48O3Si4/c1-12-14-15-16-17-18-19-20(13-2)27(21-24(3,4)5,22-25(6,7)8)23-26(9,10)11/h13,20H,2,12,14-19H2,1,3-11H3. The Balaban J connectivity index is 5.53. The van der Waals surface area contributed by atoms with Crippen LogP contribution in [0.15, 0.2) is 12.7 Å². The third kappa shape index (κ3) is 13.4. The molecule has 7 heteroatoms. The quantitative estimate of drug-likeness (QED) is 0.145. The van der Waals surface area contributed by atoms with Gasteiger partial charge in [0.25, 0.3) is 0 Å². The van der Waals surface area contributed by atoms with E-state index in [0.29, 0.717) is 0 Å². The van der Waals surface area contributed by atoms with Crippen molar-refractivity contribution in [3.8, 4) is 0 Å². The van der Waals surface area contributed by atoms with E-state index in [1.165, 1.54) is 38.5 Å². The molecular weight excluding hydrogens is 401 g/mol. The van der Waals surface area contributed by atoms with Crippen LogP contribution in [0.3, 0.4) is 0 Å². The third-order valence-corrected chi connectivity index (χ3v) is 16.1. The second-order valence-electron chi connectivity index (χ2n) is 10.6. The van der Waals surface area contributed by atoms with Crippen molar-refractivity contribution in [1.82, 2.24) is 0 Å². The fourth-order valence-corrected chi connectivity index (χ4v) is 17.7. The van der Waals surface area contributed by atoms with E-state index >= 15 is 0 Å². The van der Waals surface area contributed by atoms with E-state index < -0.39 is 33.8 Å². The van der Waals surface area contributed by atoms with Crippen LogP contribution < -0.4 is 0 Å². The van der Waals surface area contributed by atoms with Gasteiger partial charge in [0.15, 0.2) is 25.0 Å². The largest absolute Gasteiger partial charge is 0.476 e. The minimum absolute atomic E-state index is 0.203. The van der Waals surface area contributed by atoms with E-state index in [1.807, 2.05) is 0 Å². The molecule has 0 spiro atoms. The molecule has 0 aliphatic heterocycles. The molecule has 0 fully saturated rings. The average Bonchev–Trinajstić information content (AvgIpc) is 2.40. The first-order valence-corrected chi connectivity index (χ1v) is 22.9. The summed E-state index contributed by atoms with van der Waals surface area (Å²) in [6.45, 7) is 26.7. The number of rotatable bonds is 15. The van der Waals surface area contributed by atoms with Crippen molar-refractivity contribution in [3.63, 3.8) is 0 Å². The normalized spacial score (nSPS) is 15.0. The summed E-state index contributed by atoms with van der Waals surface area (Å²) < 4.78 is 20.6. The molecule has 3 nitrogen and oxygen atoms in total. The summed E-state index contributed by atoms with van der Waals surface area (Å²) in [5.74, 6) is 0. The molecule has 1 atom stereocenters. The molecule has 0 rings (SSSR count). The minimum Gasteiger partial charge on any atom is -0.417 e. The monoisotopic (exact) mass is 448 g/mol. The van der Waals surface area contributed by atoms with Gasteiger partial charge in [-0.25, -0.2) is 0 Å². The zero-order valence-electron chi connectivity index (χ0n) is 20.0. The summed E-state index contributed by atoms with van der Waals surface area (Å²) in [7, 11) is -8.32. The van der Waals surface area contributed by atoms with Crippen LogP contribution in [0.5, 0.6) is 0 Å². The molecule has 0 aliphatic rings. The van der Waals surface area contributed by atoms with Crippen LogP contribution in [-0.2, 0) is 12.3 Å². The van der Waals surface area contributed by atoms with Crippen molar-refractivity contribution >= 4 is 33.8 Å². The minimum atomic E-state index is -2.84.